The maximum atomic E-state index is 12.0. The summed E-state index contributed by atoms with van der Waals surface area (Å²) >= 11 is 0. The number of hydrogen-bond donors (Lipinski definition) is 1. The van der Waals surface area contributed by atoms with Gasteiger partial charge in [-0.25, -0.2) is 0 Å². The van der Waals surface area contributed by atoms with E-state index in [0.29, 0.717) is 32.7 Å². The third-order valence-corrected chi connectivity index (χ3v) is 3.66. The summed E-state index contributed by atoms with van der Waals surface area (Å²) in [5, 5.41) is 9.65. The second-order valence-corrected chi connectivity index (χ2v) is 5.44. The summed E-state index contributed by atoms with van der Waals surface area (Å²) in [7, 11) is 0. The number of nitrogens with zero attached hydrogens (tertiary/aromatic N) is 1. The van der Waals surface area contributed by atoms with Crippen molar-refractivity contribution in [1.82, 2.24) is 4.90 Å². The van der Waals surface area contributed by atoms with E-state index in [0.717, 1.165) is 12.0 Å². The van der Waals surface area contributed by atoms with Gasteiger partial charge in [0.2, 0.25) is 0 Å². The molecule has 0 heterocycles. The molecule has 23 heavy (non-hydrogen) atoms. The van der Waals surface area contributed by atoms with Crippen LogP contribution < -0.4 is 0 Å². The number of rotatable bonds is 11. The average Bonchev–Trinajstić information content (AvgIpc) is 2.54. The summed E-state index contributed by atoms with van der Waals surface area (Å²) in [6.45, 7) is 7.77. The molecular weight excluding hydrogens is 294 g/mol. The van der Waals surface area contributed by atoms with Gasteiger partial charge < -0.3 is 14.6 Å². The quantitative estimate of drug-likeness (QED) is 0.501. The Hall–Kier alpha value is -1.43. The fourth-order valence-electron chi connectivity index (χ4n) is 2.38. The lowest BCUT2D eigenvalue weighted by molar-refractivity contribution is -0.149. The molecular formula is C18H29NO4. The number of hydrogen-bond acceptors (Lipinski definition) is 5. The van der Waals surface area contributed by atoms with Crippen LogP contribution in [-0.2, 0) is 20.8 Å². The number of carbonyl (C=O) groups is 1. The smallest absolute Gasteiger partial charge is 0.323 e. The molecule has 1 rings (SSSR count). The molecule has 1 aromatic carbocycles. The number of aliphatic hydroxyl groups is 1. The van der Waals surface area contributed by atoms with Gasteiger partial charge in [0.25, 0.3) is 0 Å². The molecule has 1 aromatic rings. The summed E-state index contributed by atoms with van der Waals surface area (Å²) in [6.07, 6.45) is 0.559. The van der Waals surface area contributed by atoms with Gasteiger partial charge in [-0.3, -0.25) is 9.69 Å². The number of ether oxygens (including phenoxy) is 2. The first kappa shape index (κ1) is 19.6. The van der Waals surface area contributed by atoms with Crippen LogP contribution in [0.25, 0.3) is 0 Å². The third kappa shape index (κ3) is 7.59. The fraction of sp³-hybridized carbons (Fsp3) is 0.611. The van der Waals surface area contributed by atoms with Crippen LogP contribution in [0.2, 0.25) is 0 Å². The number of esters is 1. The van der Waals surface area contributed by atoms with Crippen LogP contribution in [0.15, 0.2) is 30.3 Å². The first-order valence-electron chi connectivity index (χ1n) is 8.32. The van der Waals surface area contributed by atoms with Gasteiger partial charge in [0.15, 0.2) is 6.29 Å². The highest BCUT2D eigenvalue weighted by Crippen LogP contribution is 2.12. The molecule has 0 aliphatic rings. The predicted molar refractivity (Wildman–Crippen MR) is 89.8 cm³/mol. The molecule has 0 fully saturated rings. The summed E-state index contributed by atoms with van der Waals surface area (Å²) in [6, 6.07) is 9.71. The van der Waals surface area contributed by atoms with E-state index < -0.39 is 6.29 Å². The highest BCUT2D eigenvalue weighted by Gasteiger charge is 2.22. The van der Waals surface area contributed by atoms with Crippen LogP contribution in [0.5, 0.6) is 0 Å². The zero-order valence-electron chi connectivity index (χ0n) is 14.4. The Morgan fingerprint density at radius 1 is 1.22 bits per heavy atom. The van der Waals surface area contributed by atoms with E-state index in [1.54, 1.807) is 0 Å². The van der Waals surface area contributed by atoms with Crippen molar-refractivity contribution in [2.75, 3.05) is 19.8 Å². The van der Waals surface area contributed by atoms with Crippen molar-refractivity contribution in [3.8, 4) is 0 Å². The van der Waals surface area contributed by atoms with E-state index in [1.807, 2.05) is 51.1 Å². The van der Waals surface area contributed by atoms with Crippen LogP contribution >= 0.6 is 0 Å². The van der Waals surface area contributed by atoms with Gasteiger partial charge in [-0.1, -0.05) is 30.3 Å². The second kappa shape index (κ2) is 11.2. The van der Waals surface area contributed by atoms with Gasteiger partial charge in [-0.05, 0) is 45.7 Å². The lowest BCUT2D eigenvalue weighted by atomic mass is 10.1. The molecule has 130 valence electrons. The standard InChI is InChI=1S/C18H29NO4/c1-4-22-17(20)12-9-13-19(15(3)18(21)23-5-2)14-16-10-7-6-8-11-16/h6-8,10-11,15,17,20H,4-5,9,12-14H2,1-3H3. The molecule has 5 heteroatoms. The molecule has 0 aromatic heterocycles. The molecule has 0 amide bonds. The van der Waals surface area contributed by atoms with Crippen LogP contribution in [0.1, 0.15) is 39.2 Å². The van der Waals surface area contributed by atoms with E-state index in [4.69, 9.17) is 9.47 Å². The van der Waals surface area contributed by atoms with Crippen LogP contribution in [0, 0.1) is 0 Å². The van der Waals surface area contributed by atoms with Crippen molar-refractivity contribution in [2.24, 2.45) is 0 Å². The number of carbonyl (C=O) groups excluding carboxylic acids is 1. The molecule has 2 atom stereocenters. The Labute approximate surface area is 139 Å². The Kier molecular flexibility index (Phi) is 9.52. The Morgan fingerprint density at radius 3 is 2.52 bits per heavy atom. The van der Waals surface area contributed by atoms with Crippen molar-refractivity contribution in [3.63, 3.8) is 0 Å². The van der Waals surface area contributed by atoms with Gasteiger partial charge in [0.1, 0.15) is 6.04 Å². The van der Waals surface area contributed by atoms with E-state index in [-0.39, 0.29) is 12.0 Å². The number of benzene rings is 1. The molecule has 0 saturated heterocycles. The molecule has 0 bridgehead atoms. The normalized spacial score (nSPS) is 13.8. The topological polar surface area (TPSA) is 59.0 Å². The summed E-state index contributed by atoms with van der Waals surface area (Å²) in [4.78, 5) is 14.1. The molecule has 2 unspecified atom stereocenters. The first-order valence-corrected chi connectivity index (χ1v) is 8.32. The Bertz CT molecular complexity index is 438. The van der Waals surface area contributed by atoms with Gasteiger partial charge in [-0.2, -0.15) is 0 Å². The Balaban J connectivity index is 2.62. The van der Waals surface area contributed by atoms with E-state index in [2.05, 4.69) is 4.90 Å². The lowest BCUT2D eigenvalue weighted by Gasteiger charge is -2.28. The van der Waals surface area contributed by atoms with Gasteiger partial charge in [0.05, 0.1) is 6.61 Å². The largest absolute Gasteiger partial charge is 0.465 e. The minimum absolute atomic E-state index is 0.214. The summed E-state index contributed by atoms with van der Waals surface area (Å²) in [5.41, 5.74) is 1.15. The van der Waals surface area contributed by atoms with Crippen molar-refractivity contribution < 1.29 is 19.4 Å². The predicted octanol–water partition coefficient (Wildman–Crippen LogP) is 2.58. The highest BCUT2D eigenvalue weighted by molar-refractivity contribution is 5.75. The van der Waals surface area contributed by atoms with Gasteiger partial charge in [0, 0.05) is 13.2 Å². The lowest BCUT2D eigenvalue weighted by Crippen LogP contribution is -2.40. The van der Waals surface area contributed by atoms with Crippen LogP contribution in [0.3, 0.4) is 0 Å². The first-order chi connectivity index (χ1) is 11.1. The third-order valence-electron chi connectivity index (χ3n) is 3.66. The van der Waals surface area contributed by atoms with Crippen LogP contribution in [-0.4, -0.2) is 48.1 Å². The Morgan fingerprint density at radius 2 is 1.91 bits per heavy atom. The maximum absolute atomic E-state index is 12.0. The molecule has 0 aliphatic heterocycles. The van der Waals surface area contributed by atoms with Crippen molar-refractivity contribution in [2.45, 2.75) is 52.5 Å². The van der Waals surface area contributed by atoms with Gasteiger partial charge in [-0.15, -0.1) is 0 Å². The molecule has 0 spiro atoms. The zero-order chi connectivity index (χ0) is 17.1. The van der Waals surface area contributed by atoms with Crippen molar-refractivity contribution in [3.05, 3.63) is 35.9 Å². The number of aliphatic hydroxyl groups excluding tert-OH is 1. The highest BCUT2D eigenvalue weighted by atomic mass is 16.6. The maximum Gasteiger partial charge on any atom is 0.323 e. The second-order valence-electron chi connectivity index (χ2n) is 5.44. The molecule has 0 aliphatic carbocycles. The van der Waals surface area contributed by atoms with E-state index >= 15 is 0 Å². The summed E-state index contributed by atoms with van der Waals surface area (Å²) in [5.74, 6) is -0.214. The van der Waals surface area contributed by atoms with Crippen molar-refractivity contribution in [1.29, 1.82) is 0 Å². The van der Waals surface area contributed by atoms with Crippen molar-refractivity contribution >= 4 is 5.97 Å². The van der Waals surface area contributed by atoms with E-state index in [1.165, 1.54) is 0 Å². The minimum atomic E-state index is -0.739. The molecule has 5 nitrogen and oxygen atoms in total. The van der Waals surface area contributed by atoms with E-state index in [9.17, 15) is 9.90 Å². The molecule has 0 radical (unpaired) electrons. The zero-order valence-corrected chi connectivity index (χ0v) is 14.4. The fourth-order valence-corrected chi connectivity index (χ4v) is 2.38. The summed E-state index contributed by atoms with van der Waals surface area (Å²) < 4.78 is 10.3. The molecule has 1 N–H and O–H groups in total. The average molecular weight is 323 g/mol. The minimum Gasteiger partial charge on any atom is -0.465 e. The van der Waals surface area contributed by atoms with Crippen LogP contribution in [0.4, 0.5) is 0 Å². The van der Waals surface area contributed by atoms with Gasteiger partial charge >= 0.3 is 5.97 Å². The SMILES string of the molecule is CCOC(=O)C(C)N(CCCC(O)OCC)Cc1ccccc1. The monoisotopic (exact) mass is 323 g/mol. The molecule has 0 saturated carbocycles.